The molecule has 110 valence electrons. The molecule has 0 unspecified atom stereocenters. The Kier molecular flexibility index (Phi) is 6.65. The number of hydrogen-bond acceptors (Lipinski definition) is 4. The van der Waals surface area contributed by atoms with Crippen LogP contribution < -0.4 is 0 Å². The Morgan fingerprint density at radius 3 is 1.79 bits per heavy atom. The largest absolute Gasteiger partial charge is 0.394 e. The molecule has 0 atom stereocenters. The van der Waals surface area contributed by atoms with E-state index in [9.17, 15) is 8.42 Å². The molecule has 5 nitrogen and oxygen atoms in total. The van der Waals surface area contributed by atoms with Crippen molar-refractivity contribution in [3.05, 3.63) is 29.8 Å². The standard InChI is InChI=1S/C7H8O3S.C6H15NO/c1-6-2-4-7(5-3-6)11(8,9)10;1-6(2,5-8)7(3)4/h2-5H,1H3,(H,8,9,10);8H,5H2,1-4H3. The first-order chi connectivity index (χ1) is 8.50. The van der Waals surface area contributed by atoms with Crippen LogP contribution in [-0.4, -0.2) is 49.2 Å². The summed E-state index contributed by atoms with van der Waals surface area (Å²) >= 11 is 0. The van der Waals surface area contributed by atoms with Crippen molar-refractivity contribution in [2.75, 3.05) is 20.7 Å². The normalized spacial score (nSPS) is 12.0. The summed E-state index contributed by atoms with van der Waals surface area (Å²) in [6, 6.07) is 5.99. The smallest absolute Gasteiger partial charge is 0.294 e. The van der Waals surface area contributed by atoms with Crippen molar-refractivity contribution in [2.45, 2.75) is 31.2 Å². The fourth-order valence-corrected chi connectivity index (χ4v) is 1.33. The van der Waals surface area contributed by atoms with Crippen molar-refractivity contribution in [1.29, 1.82) is 0 Å². The van der Waals surface area contributed by atoms with Gasteiger partial charge in [-0.1, -0.05) is 17.7 Å². The number of aryl methyl sites for hydroxylation is 1. The first kappa shape index (κ1) is 18.0. The topological polar surface area (TPSA) is 77.8 Å². The monoisotopic (exact) mass is 289 g/mol. The van der Waals surface area contributed by atoms with Crippen LogP contribution in [-0.2, 0) is 10.1 Å². The Hall–Kier alpha value is -0.950. The lowest BCUT2D eigenvalue weighted by Gasteiger charge is -2.29. The molecule has 0 radical (unpaired) electrons. The number of likely N-dealkylation sites (N-methyl/N-ethyl adjacent to an activating group) is 1. The summed E-state index contributed by atoms with van der Waals surface area (Å²) in [5.41, 5.74) is 0.886. The SMILES string of the molecule is CN(C)C(C)(C)CO.Cc1ccc(S(=O)(=O)O)cc1. The third-order valence-corrected chi connectivity index (χ3v) is 3.78. The molecule has 0 bridgehead atoms. The Labute approximate surface area is 115 Å². The Morgan fingerprint density at radius 2 is 1.58 bits per heavy atom. The summed E-state index contributed by atoms with van der Waals surface area (Å²) in [5, 5.41) is 8.72. The van der Waals surface area contributed by atoms with Gasteiger partial charge < -0.3 is 10.0 Å². The van der Waals surface area contributed by atoms with E-state index in [0.29, 0.717) is 0 Å². The van der Waals surface area contributed by atoms with E-state index >= 15 is 0 Å². The molecule has 0 aliphatic heterocycles. The predicted octanol–water partition coefficient (Wildman–Crippen LogP) is 1.56. The van der Waals surface area contributed by atoms with Gasteiger partial charge in [0.15, 0.2) is 0 Å². The highest BCUT2D eigenvalue weighted by Gasteiger charge is 2.17. The van der Waals surface area contributed by atoms with Crippen LogP contribution >= 0.6 is 0 Å². The minimum Gasteiger partial charge on any atom is -0.394 e. The van der Waals surface area contributed by atoms with Gasteiger partial charge in [0.25, 0.3) is 10.1 Å². The number of hydrogen-bond donors (Lipinski definition) is 2. The van der Waals surface area contributed by atoms with E-state index in [1.54, 1.807) is 12.1 Å². The summed E-state index contributed by atoms with van der Waals surface area (Å²) in [4.78, 5) is 1.93. The van der Waals surface area contributed by atoms with Crippen LogP contribution in [0.4, 0.5) is 0 Å². The van der Waals surface area contributed by atoms with Gasteiger partial charge in [0.1, 0.15) is 0 Å². The molecule has 0 saturated carbocycles. The van der Waals surface area contributed by atoms with Crippen LogP contribution in [0.2, 0.25) is 0 Å². The minimum absolute atomic E-state index is 0.0666. The molecule has 0 heterocycles. The maximum atomic E-state index is 10.5. The fraction of sp³-hybridized carbons (Fsp3) is 0.538. The summed E-state index contributed by atoms with van der Waals surface area (Å²) in [5.74, 6) is 0. The molecule has 0 aliphatic carbocycles. The van der Waals surface area contributed by atoms with E-state index in [1.807, 2.05) is 39.8 Å². The molecule has 2 N–H and O–H groups in total. The lowest BCUT2D eigenvalue weighted by atomic mass is 10.1. The average molecular weight is 289 g/mol. The molecule has 0 aromatic heterocycles. The molecular weight excluding hydrogens is 266 g/mol. The first-order valence-corrected chi connectivity index (χ1v) is 7.27. The molecule has 1 rings (SSSR count). The summed E-state index contributed by atoms with van der Waals surface area (Å²) in [6.07, 6.45) is 0. The molecule has 1 aromatic carbocycles. The Morgan fingerprint density at radius 1 is 1.16 bits per heavy atom. The molecule has 6 heteroatoms. The van der Waals surface area contributed by atoms with Gasteiger partial charge in [-0.05, 0) is 47.0 Å². The van der Waals surface area contributed by atoms with Crippen molar-refractivity contribution in [2.24, 2.45) is 0 Å². The van der Waals surface area contributed by atoms with Crippen LogP contribution in [0.15, 0.2) is 29.2 Å². The van der Waals surface area contributed by atoms with Crippen LogP contribution in [0.1, 0.15) is 19.4 Å². The second-order valence-corrected chi connectivity index (χ2v) is 6.57. The van der Waals surface area contributed by atoms with E-state index in [2.05, 4.69) is 0 Å². The van der Waals surface area contributed by atoms with Gasteiger partial charge >= 0.3 is 0 Å². The van der Waals surface area contributed by atoms with Crippen LogP contribution in [0.5, 0.6) is 0 Å². The summed E-state index contributed by atoms with van der Waals surface area (Å²) in [6.45, 7) is 6.04. The van der Waals surface area contributed by atoms with Crippen molar-refractivity contribution >= 4 is 10.1 Å². The van der Waals surface area contributed by atoms with Gasteiger partial charge in [-0.2, -0.15) is 8.42 Å². The van der Waals surface area contributed by atoms with E-state index in [1.165, 1.54) is 12.1 Å². The zero-order valence-electron chi connectivity index (χ0n) is 12.1. The molecule has 1 aromatic rings. The average Bonchev–Trinajstić information content (AvgIpc) is 2.29. The van der Waals surface area contributed by atoms with E-state index in [4.69, 9.17) is 9.66 Å². The van der Waals surface area contributed by atoms with Crippen LogP contribution in [0.25, 0.3) is 0 Å². The van der Waals surface area contributed by atoms with Crippen molar-refractivity contribution < 1.29 is 18.1 Å². The van der Waals surface area contributed by atoms with Crippen molar-refractivity contribution in [3.8, 4) is 0 Å². The minimum atomic E-state index is -4.02. The van der Waals surface area contributed by atoms with Gasteiger partial charge in [-0.3, -0.25) is 4.55 Å². The summed E-state index contributed by atoms with van der Waals surface area (Å²) in [7, 11) is -0.110. The Balaban J connectivity index is 0.000000362. The molecule has 19 heavy (non-hydrogen) atoms. The van der Waals surface area contributed by atoms with Crippen LogP contribution in [0, 0.1) is 6.92 Å². The highest BCUT2D eigenvalue weighted by atomic mass is 32.2. The lowest BCUT2D eigenvalue weighted by molar-refractivity contribution is 0.100. The van der Waals surface area contributed by atoms with E-state index < -0.39 is 10.1 Å². The van der Waals surface area contributed by atoms with Gasteiger partial charge in [0.2, 0.25) is 0 Å². The third kappa shape index (κ3) is 6.68. The number of aliphatic hydroxyl groups is 1. The molecule has 0 saturated heterocycles. The number of nitrogens with zero attached hydrogens (tertiary/aromatic N) is 1. The van der Waals surface area contributed by atoms with Gasteiger partial charge in [-0.25, -0.2) is 0 Å². The van der Waals surface area contributed by atoms with E-state index in [0.717, 1.165) is 5.56 Å². The zero-order chi connectivity index (χ0) is 15.3. The second-order valence-electron chi connectivity index (χ2n) is 5.15. The lowest BCUT2D eigenvalue weighted by Crippen LogP contribution is -2.41. The van der Waals surface area contributed by atoms with Crippen LogP contribution in [0.3, 0.4) is 0 Å². The molecule has 0 amide bonds. The number of aliphatic hydroxyl groups excluding tert-OH is 1. The number of benzene rings is 1. The molecule has 0 spiro atoms. The first-order valence-electron chi connectivity index (χ1n) is 5.83. The van der Waals surface area contributed by atoms with Crippen molar-refractivity contribution in [3.63, 3.8) is 0 Å². The fourth-order valence-electron chi connectivity index (χ4n) is 0.852. The maximum Gasteiger partial charge on any atom is 0.294 e. The predicted molar refractivity (Wildman–Crippen MR) is 75.8 cm³/mol. The molecule has 0 aliphatic rings. The molecule has 0 fully saturated rings. The highest BCUT2D eigenvalue weighted by molar-refractivity contribution is 7.85. The summed E-state index contributed by atoms with van der Waals surface area (Å²) < 4.78 is 29.6. The zero-order valence-corrected chi connectivity index (χ0v) is 12.9. The van der Waals surface area contributed by atoms with Gasteiger partial charge in [-0.15, -0.1) is 0 Å². The molecular formula is C13H23NO4S. The van der Waals surface area contributed by atoms with Gasteiger partial charge in [0.05, 0.1) is 11.5 Å². The highest BCUT2D eigenvalue weighted by Crippen LogP contribution is 2.08. The quantitative estimate of drug-likeness (QED) is 0.826. The van der Waals surface area contributed by atoms with Crippen molar-refractivity contribution in [1.82, 2.24) is 4.90 Å². The third-order valence-electron chi connectivity index (χ3n) is 2.92. The van der Waals surface area contributed by atoms with E-state index in [-0.39, 0.29) is 17.0 Å². The maximum absolute atomic E-state index is 10.5. The van der Waals surface area contributed by atoms with Gasteiger partial charge in [0, 0.05) is 5.54 Å². The Bertz CT molecular complexity index is 478. The number of rotatable bonds is 3. The second kappa shape index (κ2) is 7.00.